The van der Waals surface area contributed by atoms with Gasteiger partial charge in [0.25, 0.3) is 11.8 Å². The second-order valence-electron chi connectivity index (χ2n) is 6.82. The first kappa shape index (κ1) is 19.4. The Kier molecular flexibility index (Phi) is 5.78. The first-order valence-corrected chi connectivity index (χ1v) is 9.74. The van der Waals surface area contributed by atoms with Gasteiger partial charge in [-0.15, -0.1) is 0 Å². The van der Waals surface area contributed by atoms with E-state index in [2.05, 4.69) is 15.0 Å². The van der Waals surface area contributed by atoms with E-state index < -0.39 is 0 Å². The zero-order valence-corrected chi connectivity index (χ0v) is 16.8. The Morgan fingerprint density at radius 2 is 1.90 bits per heavy atom. The second-order valence-corrected chi connectivity index (χ2v) is 7.26. The maximum Gasteiger partial charge on any atom is 0.258 e. The van der Waals surface area contributed by atoms with E-state index in [1.54, 1.807) is 43.5 Å². The molecule has 1 aliphatic rings. The van der Waals surface area contributed by atoms with Crippen LogP contribution >= 0.6 is 11.6 Å². The fourth-order valence-corrected chi connectivity index (χ4v) is 3.47. The number of amides is 1. The van der Waals surface area contributed by atoms with Crippen LogP contribution in [0.25, 0.3) is 11.5 Å². The standard InChI is InChI=1S/C21H21ClN4O3/c1-28-18-7-5-15(6-8-18)21(27)26-11-9-25(10-12-26)14-19-23-20(29-24-19)16-3-2-4-17(22)13-16/h2-8,13H,9-12,14H2,1H3. The van der Waals surface area contributed by atoms with Crippen molar-refractivity contribution in [3.05, 3.63) is 64.9 Å². The average Bonchev–Trinajstić information content (AvgIpc) is 3.22. The van der Waals surface area contributed by atoms with E-state index in [1.807, 2.05) is 17.0 Å². The van der Waals surface area contributed by atoms with Crippen LogP contribution in [-0.4, -0.2) is 59.1 Å². The van der Waals surface area contributed by atoms with E-state index in [0.717, 1.165) is 24.4 Å². The summed E-state index contributed by atoms with van der Waals surface area (Å²) in [5.74, 6) is 1.85. The molecule has 0 aliphatic carbocycles. The highest BCUT2D eigenvalue weighted by molar-refractivity contribution is 6.30. The van der Waals surface area contributed by atoms with Crippen LogP contribution in [0.5, 0.6) is 5.75 Å². The number of hydrogen-bond donors (Lipinski definition) is 0. The number of aromatic nitrogens is 2. The average molecular weight is 413 g/mol. The number of halogens is 1. The normalized spacial score (nSPS) is 14.8. The van der Waals surface area contributed by atoms with E-state index in [4.69, 9.17) is 20.9 Å². The van der Waals surface area contributed by atoms with Crippen LogP contribution < -0.4 is 4.74 Å². The molecule has 0 atom stereocenters. The van der Waals surface area contributed by atoms with Crippen molar-refractivity contribution in [3.63, 3.8) is 0 Å². The van der Waals surface area contributed by atoms with Crippen LogP contribution in [0.15, 0.2) is 53.1 Å². The molecule has 0 unspecified atom stereocenters. The van der Waals surface area contributed by atoms with Crippen molar-refractivity contribution in [1.82, 2.24) is 19.9 Å². The van der Waals surface area contributed by atoms with Gasteiger partial charge >= 0.3 is 0 Å². The number of rotatable bonds is 5. The van der Waals surface area contributed by atoms with E-state index in [-0.39, 0.29) is 5.91 Å². The van der Waals surface area contributed by atoms with Gasteiger partial charge in [0.1, 0.15) is 5.75 Å². The van der Waals surface area contributed by atoms with Crippen molar-refractivity contribution in [2.24, 2.45) is 0 Å². The van der Waals surface area contributed by atoms with Gasteiger partial charge in [0.2, 0.25) is 0 Å². The summed E-state index contributed by atoms with van der Waals surface area (Å²) < 4.78 is 10.5. The van der Waals surface area contributed by atoms with Crippen molar-refractivity contribution >= 4 is 17.5 Å². The van der Waals surface area contributed by atoms with Crippen LogP contribution in [-0.2, 0) is 6.54 Å². The van der Waals surface area contributed by atoms with Gasteiger partial charge in [-0.2, -0.15) is 4.98 Å². The van der Waals surface area contributed by atoms with Gasteiger partial charge in [0, 0.05) is 42.3 Å². The number of hydrogen-bond acceptors (Lipinski definition) is 6. The second kappa shape index (κ2) is 8.63. The van der Waals surface area contributed by atoms with E-state index in [1.165, 1.54) is 0 Å². The molecule has 0 saturated carbocycles. The van der Waals surface area contributed by atoms with Crippen molar-refractivity contribution in [1.29, 1.82) is 0 Å². The Morgan fingerprint density at radius 1 is 1.14 bits per heavy atom. The summed E-state index contributed by atoms with van der Waals surface area (Å²) in [7, 11) is 1.61. The zero-order chi connectivity index (χ0) is 20.2. The molecule has 1 amide bonds. The van der Waals surface area contributed by atoms with Gasteiger partial charge in [-0.05, 0) is 42.5 Å². The SMILES string of the molecule is COc1ccc(C(=O)N2CCN(Cc3noc(-c4cccc(Cl)c4)n3)CC2)cc1. The predicted molar refractivity (Wildman–Crippen MR) is 109 cm³/mol. The predicted octanol–water partition coefficient (Wildman–Crippen LogP) is 3.36. The molecule has 0 bridgehead atoms. The molecule has 3 aromatic rings. The lowest BCUT2D eigenvalue weighted by Crippen LogP contribution is -2.48. The molecule has 1 aromatic heterocycles. The van der Waals surface area contributed by atoms with Gasteiger partial charge in [-0.1, -0.05) is 22.8 Å². The minimum Gasteiger partial charge on any atom is -0.497 e. The van der Waals surface area contributed by atoms with E-state index in [0.29, 0.717) is 41.9 Å². The molecule has 1 aliphatic heterocycles. The molecule has 1 saturated heterocycles. The summed E-state index contributed by atoms with van der Waals surface area (Å²) in [4.78, 5) is 21.2. The van der Waals surface area contributed by atoms with E-state index >= 15 is 0 Å². The third kappa shape index (κ3) is 4.58. The molecular weight excluding hydrogens is 392 g/mol. The summed E-state index contributed by atoms with van der Waals surface area (Å²) in [5.41, 5.74) is 1.47. The van der Waals surface area contributed by atoms with Crippen LogP contribution in [0.4, 0.5) is 0 Å². The van der Waals surface area contributed by atoms with Crippen molar-refractivity contribution in [3.8, 4) is 17.2 Å². The van der Waals surface area contributed by atoms with Crippen molar-refractivity contribution in [2.45, 2.75) is 6.54 Å². The molecule has 0 radical (unpaired) electrons. The lowest BCUT2D eigenvalue weighted by molar-refractivity contribution is 0.0624. The number of methoxy groups -OCH3 is 1. The van der Waals surface area contributed by atoms with Gasteiger partial charge in [0.05, 0.1) is 13.7 Å². The Labute approximate surface area is 173 Å². The smallest absolute Gasteiger partial charge is 0.258 e. The summed E-state index contributed by atoms with van der Waals surface area (Å²) in [5, 5.41) is 4.70. The number of benzene rings is 2. The Bertz CT molecular complexity index is 982. The number of carbonyl (C=O) groups excluding carboxylic acids is 1. The number of piperazine rings is 1. The summed E-state index contributed by atoms with van der Waals surface area (Å²) >= 11 is 6.02. The summed E-state index contributed by atoms with van der Waals surface area (Å²) in [6.45, 7) is 3.40. The monoisotopic (exact) mass is 412 g/mol. The van der Waals surface area contributed by atoms with Crippen LogP contribution in [0.1, 0.15) is 16.2 Å². The van der Waals surface area contributed by atoms with Crippen LogP contribution in [0, 0.1) is 0 Å². The lowest BCUT2D eigenvalue weighted by atomic mass is 10.1. The van der Waals surface area contributed by atoms with Crippen molar-refractivity contribution < 1.29 is 14.1 Å². The first-order chi connectivity index (χ1) is 14.1. The molecule has 4 rings (SSSR count). The summed E-state index contributed by atoms with van der Waals surface area (Å²) in [6.07, 6.45) is 0. The number of nitrogens with zero attached hydrogens (tertiary/aromatic N) is 4. The zero-order valence-electron chi connectivity index (χ0n) is 16.0. The van der Waals surface area contributed by atoms with Gasteiger partial charge in [-0.3, -0.25) is 9.69 Å². The van der Waals surface area contributed by atoms with Gasteiger partial charge < -0.3 is 14.2 Å². The van der Waals surface area contributed by atoms with E-state index in [9.17, 15) is 4.79 Å². The molecule has 0 spiro atoms. The highest BCUT2D eigenvalue weighted by Gasteiger charge is 2.23. The Morgan fingerprint density at radius 3 is 2.59 bits per heavy atom. The molecule has 1 fully saturated rings. The fourth-order valence-electron chi connectivity index (χ4n) is 3.28. The van der Waals surface area contributed by atoms with Crippen molar-refractivity contribution in [2.75, 3.05) is 33.3 Å². The number of carbonyl (C=O) groups is 1. The Hall–Kier alpha value is -2.90. The molecule has 29 heavy (non-hydrogen) atoms. The van der Waals surface area contributed by atoms with Gasteiger partial charge in [-0.25, -0.2) is 0 Å². The first-order valence-electron chi connectivity index (χ1n) is 9.36. The highest BCUT2D eigenvalue weighted by atomic mass is 35.5. The molecule has 8 heteroatoms. The largest absolute Gasteiger partial charge is 0.497 e. The molecule has 2 aromatic carbocycles. The fraction of sp³-hybridized carbons (Fsp3) is 0.286. The van der Waals surface area contributed by atoms with Crippen LogP contribution in [0.3, 0.4) is 0 Å². The van der Waals surface area contributed by atoms with Gasteiger partial charge in [0.15, 0.2) is 5.82 Å². The third-order valence-electron chi connectivity index (χ3n) is 4.90. The molecule has 150 valence electrons. The minimum absolute atomic E-state index is 0.0371. The van der Waals surface area contributed by atoms with Crippen LogP contribution in [0.2, 0.25) is 5.02 Å². The maximum atomic E-state index is 12.7. The molecular formula is C21H21ClN4O3. The third-order valence-corrected chi connectivity index (χ3v) is 5.14. The molecule has 2 heterocycles. The topological polar surface area (TPSA) is 71.7 Å². The summed E-state index contributed by atoms with van der Waals surface area (Å²) in [6, 6.07) is 14.5. The molecule has 7 nitrogen and oxygen atoms in total. The quantitative estimate of drug-likeness (QED) is 0.640. The lowest BCUT2D eigenvalue weighted by Gasteiger charge is -2.34. The minimum atomic E-state index is 0.0371. The number of ether oxygens (including phenoxy) is 1. The highest BCUT2D eigenvalue weighted by Crippen LogP contribution is 2.21. The molecule has 0 N–H and O–H groups in total. The Balaban J connectivity index is 1.32. The maximum absolute atomic E-state index is 12.7.